The van der Waals surface area contributed by atoms with Crippen molar-refractivity contribution in [3.63, 3.8) is 0 Å². The van der Waals surface area contributed by atoms with Crippen LogP contribution in [0.1, 0.15) is 4.88 Å². The highest BCUT2D eigenvalue weighted by Crippen LogP contribution is 2.22. The number of nitrogens with zero attached hydrogens (tertiary/aromatic N) is 2. The molecule has 0 fully saturated rings. The van der Waals surface area contributed by atoms with E-state index in [2.05, 4.69) is 37.3 Å². The molecule has 7 heteroatoms. The molecule has 0 unspecified atom stereocenters. The predicted octanol–water partition coefficient (Wildman–Crippen LogP) is 2.97. The number of methoxy groups -OCH3 is 2. The van der Waals surface area contributed by atoms with Gasteiger partial charge in [0.15, 0.2) is 0 Å². The zero-order chi connectivity index (χ0) is 13.7. The normalized spacial score (nSPS) is 10.3. The van der Waals surface area contributed by atoms with Crippen LogP contribution in [0.4, 0.5) is 5.95 Å². The van der Waals surface area contributed by atoms with Crippen molar-refractivity contribution in [2.24, 2.45) is 0 Å². The van der Waals surface area contributed by atoms with Crippen molar-refractivity contribution in [2.45, 2.75) is 6.42 Å². The minimum Gasteiger partial charge on any atom is -0.481 e. The van der Waals surface area contributed by atoms with E-state index in [0.29, 0.717) is 17.7 Å². The van der Waals surface area contributed by atoms with Crippen molar-refractivity contribution in [3.8, 4) is 11.8 Å². The standard InChI is InChI=1S/C12H14BrN3O2S/c1-17-10-7-11(18-2)16-12(15-10)14-6-5-8-3-4-9(13)19-8/h3-4,7H,5-6H2,1-2H3,(H,14,15,16). The molecule has 102 valence electrons. The molecule has 0 aliphatic carbocycles. The number of halogens is 1. The van der Waals surface area contributed by atoms with E-state index in [1.165, 1.54) is 4.88 Å². The van der Waals surface area contributed by atoms with Crippen LogP contribution in [-0.2, 0) is 6.42 Å². The minimum absolute atomic E-state index is 0.480. The molecule has 19 heavy (non-hydrogen) atoms. The van der Waals surface area contributed by atoms with Gasteiger partial charge in [-0.3, -0.25) is 0 Å². The van der Waals surface area contributed by atoms with E-state index in [0.717, 1.165) is 16.8 Å². The molecule has 2 heterocycles. The molecule has 0 amide bonds. The second-order valence-electron chi connectivity index (χ2n) is 3.66. The molecule has 0 aromatic carbocycles. The third-order valence-corrected chi connectivity index (χ3v) is 4.06. The Labute approximate surface area is 124 Å². The van der Waals surface area contributed by atoms with Gasteiger partial charge in [-0.05, 0) is 34.5 Å². The summed E-state index contributed by atoms with van der Waals surface area (Å²) in [5.74, 6) is 1.47. The maximum Gasteiger partial charge on any atom is 0.229 e. The van der Waals surface area contributed by atoms with Crippen LogP contribution in [0.2, 0.25) is 0 Å². The first-order chi connectivity index (χ1) is 9.21. The summed E-state index contributed by atoms with van der Waals surface area (Å²) in [5.41, 5.74) is 0. The number of hydrogen-bond acceptors (Lipinski definition) is 6. The smallest absolute Gasteiger partial charge is 0.229 e. The van der Waals surface area contributed by atoms with Crippen LogP contribution in [0.15, 0.2) is 22.0 Å². The van der Waals surface area contributed by atoms with Gasteiger partial charge in [0.2, 0.25) is 17.7 Å². The van der Waals surface area contributed by atoms with Gasteiger partial charge < -0.3 is 14.8 Å². The number of nitrogens with one attached hydrogen (secondary N) is 1. The van der Waals surface area contributed by atoms with Gasteiger partial charge in [0.1, 0.15) is 0 Å². The third kappa shape index (κ3) is 4.07. The van der Waals surface area contributed by atoms with Gasteiger partial charge in [0.25, 0.3) is 0 Å². The van der Waals surface area contributed by atoms with Gasteiger partial charge >= 0.3 is 0 Å². The Morgan fingerprint density at radius 1 is 1.21 bits per heavy atom. The van der Waals surface area contributed by atoms with E-state index >= 15 is 0 Å². The third-order valence-electron chi connectivity index (χ3n) is 2.38. The second kappa shape index (κ2) is 6.72. The number of thiophene rings is 1. The Morgan fingerprint density at radius 3 is 2.42 bits per heavy atom. The fourth-order valence-electron chi connectivity index (χ4n) is 1.48. The molecule has 1 N–H and O–H groups in total. The quantitative estimate of drug-likeness (QED) is 0.873. The molecule has 0 radical (unpaired) electrons. The average molecular weight is 344 g/mol. The van der Waals surface area contributed by atoms with E-state index in [4.69, 9.17) is 9.47 Å². The van der Waals surface area contributed by atoms with Crippen LogP contribution in [0.5, 0.6) is 11.8 Å². The number of rotatable bonds is 6. The maximum absolute atomic E-state index is 5.09. The van der Waals surface area contributed by atoms with Gasteiger partial charge in [0, 0.05) is 11.4 Å². The molecule has 0 aliphatic rings. The lowest BCUT2D eigenvalue weighted by Crippen LogP contribution is -2.08. The van der Waals surface area contributed by atoms with E-state index in [1.807, 2.05) is 6.07 Å². The largest absolute Gasteiger partial charge is 0.481 e. The highest BCUT2D eigenvalue weighted by Gasteiger charge is 2.05. The topological polar surface area (TPSA) is 56.3 Å². The minimum atomic E-state index is 0.480. The molecule has 5 nitrogen and oxygen atoms in total. The fraction of sp³-hybridized carbons (Fsp3) is 0.333. The van der Waals surface area contributed by atoms with Crippen molar-refractivity contribution in [3.05, 3.63) is 26.9 Å². The molecule has 0 saturated carbocycles. The highest BCUT2D eigenvalue weighted by atomic mass is 79.9. The Bertz CT molecular complexity index is 525. The lowest BCUT2D eigenvalue weighted by Gasteiger charge is -2.07. The van der Waals surface area contributed by atoms with Crippen molar-refractivity contribution in [2.75, 3.05) is 26.1 Å². The van der Waals surface area contributed by atoms with E-state index in [1.54, 1.807) is 31.6 Å². The van der Waals surface area contributed by atoms with Crippen LogP contribution in [0, 0.1) is 0 Å². The number of aromatic nitrogens is 2. The van der Waals surface area contributed by atoms with Crippen LogP contribution in [0.3, 0.4) is 0 Å². The molecule has 0 saturated heterocycles. The molecule has 2 rings (SSSR count). The lowest BCUT2D eigenvalue weighted by atomic mass is 10.3. The summed E-state index contributed by atoms with van der Waals surface area (Å²) < 4.78 is 11.3. The number of anilines is 1. The molecule has 2 aromatic rings. The average Bonchev–Trinajstić information content (AvgIpc) is 2.84. The summed E-state index contributed by atoms with van der Waals surface area (Å²) >= 11 is 5.17. The van der Waals surface area contributed by atoms with Crippen LogP contribution in [0.25, 0.3) is 0 Å². The first kappa shape index (κ1) is 14.1. The van der Waals surface area contributed by atoms with Crippen LogP contribution in [-0.4, -0.2) is 30.7 Å². The highest BCUT2D eigenvalue weighted by molar-refractivity contribution is 9.11. The molecule has 0 bridgehead atoms. The molecular weight excluding hydrogens is 330 g/mol. The van der Waals surface area contributed by atoms with Gasteiger partial charge in [-0.25, -0.2) is 0 Å². The summed E-state index contributed by atoms with van der Waals surface area (Å²) in [6.45, 7) is 0.753. The van der Waals surface area contributed by atoms with Gasteiger partial charge in [-0.1, -0.05) is 0 Å². The zero-order valence-electron chi connectivity index (χ0n) is 10.6. The Kier molecular flexibility index (Phi) is 4.98. The van der Waals surface area contributed by atoms with E-state index in [-0.39, 0.29) is 0 Å². The van der Waals surface area contributed by atoms with Crippen molar-refractivity contribution in [1.82, 2.24) is 9.97 Å². The maximum atomic E-state index is 5.09. The Hall–Kier alpha value is -1.34. The van der Waals surface area contributed by atoms with Crippen LogP contribution >= 0.6 is 27.3 Å². The molecule has 0 aliphatic heterocycles. The summed E-state index contributed by atoms with van der Waals surface area (Å²) in [4.78, 5) is 9.71. The predicted molar refractivity (Wildman–Crippen MR) is 79.3 cm³/mol. The molecule has 0 atom stereocenters. The van der Waals surface area contributed by atoms with Gasteiger partial charge in [-0.2, -0.15) is 9.97 Å². The van der Waals surface area contributed by atoms with E-state index < -0.39 is 0 Å². The monoisotopic (exact) mass is 343 g/mol. The van der Waals surface area contributed by atoms with Gasteiger partial charge in [0.05, 0.1) is 24.1 Å². The number of hydrogen-bond donors (Lipinski definition) is 1. The molecular formula is C12H14BrN3O2S. The lowest BCUT2D eigenvalue weighted by molar-refractivity contribution is 0.373. The molecule has 2 aromatic heterocycles. The SMILES string of the molecule is COc1cc(OC)nc(NCCc2ccc(Br)s2)n1. The van der Waals surface area contributed by atoms with Gasteiger partial charge in [-0.15, -0.1) is 11.3 Å². The molecule has 0 spiro atoms. The Morgan fingerprint density at radius 2 is 1.89 bits per heavy atom. The van der Waals surface area contributed by atoms with Crippen molar-refractivity contribution in [1.29, 1.82) is 0 Å². The van der Waals surface area contributed by atoms with E-state index in [9.17, 15) is 0 Å². The summed E-state index contributed by atoms with van der Waals surface area (Å²) in [7, 11) is 3.13. The fourth-order valence-corrected chi connectivity index (χ4v) is 2.96. The first-order valence-electron chi connectivity index (χ1n) is 5.66. The van der Waals surface area contributed by atoms with Crippen molar-refractivity contribution < 1.29 is 9.47 Å². The Balaban J connectivity index is 1.95. The summed E-state index contributed by atoms with van der Waals surface area (Å²) in [6, 6.07) is 5.79. The summed E-state index contributed by atoms with van der Waals surface area (Å²) in [5, 5.41) is 3.16. The second-order valence-corrected chi connectivity index (χ2v) is 6.21. The zero-order valence-corrected chi connectivity index (χ0v) is 13.0. The first-order valence-corrected chi connectivity index (χ1v) is 7.27. The van der Waals surface area contributed by atoms with Crippen LogP contribution < -0.4 is 14.8 Å². The number of ether oxygens (including phenoxy) is 2. The van der Waals surface area contributed by atoms with Crippen molar-refractivity contribution >= 4 is 33.2 Å². The summed E-state index contributed by atoms with van der Waals surface area (Å²) in [6.07, 6.45) is 0.916.